The van der Waals surface area contributed by atoms with E-state index < -0.39 is 5.25 Å². The number of nitrogens with one attached hydrogen (secondary N) is 1. The number of thioether (sulfide) groups is 1. The zero-order chi connectivity index (χ0) is 20.3. The summed E-state index contributed by atoms with van der Waals surface area (Å²) >= 11 is 10.8. The van der Waals surface area contributed by atoms with Gasteiger partial charge in [0, 0.05) is 28.1 Å². The van der Waals surface area contributed by atoms with Crippen LogP contribution in [0.4, 0.5) is 11.4 Å². The molecule has 5 nitrogen and oxygen atoms in total. The highest BCUT2D eigenvalue weighted by Gasteiger charge is 2.40. The Bertz CT molecular complexity index is 934. The first-order chi connectivity index (χ1) is 13.4. The van der Waals surface area contributed by atoms with Crippen LogP contribution in [0.15, 0.2) is 51.9 Å². The molecule has 2 amide bonds. The number of aliphatic imine (C=N–C) groups is 1. The number of nitrogens with zero attached hydrogens (tertiary/aromatic N) is 2. The Morgan fingerprint density at radius 2 is 2.00 bits per heavy atom. The van der Waals surface area contributed by atoms with Crippen molar-refractivity contribution in [3.05, 3.63) is 57.5 Å². The number of benzene rings is 2. The first-order valence-electron chi connectivity index (χ1n) is 8.75. The van der Waals surface area contributed by atoms with Gasteiger partial charge in [-0.15, -0.1) is 0 Å². The van der Waals surface area contributed by atoms with Crippen molar-refractivity contribution in [2.45, 2.75) is 25.5 Å². The third-order valence-corrected chi connectivity index (χ3v) is 6.21. The van der Waals surface area contributed by atoms with Crippen molar-refractivity contribution in [1.29, 1.82) is 0 Å². The quantitative estimate of drug-likeness (QED) is 0.368. The second-order valence-corrected chi connectivity index (χ2v) is 8.74. The fraction of sp³-hybridized carbons (Fsp3) is 0.250. The van der Waals surface area contributed by atoms with Gasteiger partial charge in [-0.1, -0.05) is 45.4 Å². The van der Waals surface area contributed by atoms with Gasteiger partial charge in [-0.05, 0) is 55.8 Å². The molecule has 1 N–H and O–H groups in total. The molecular weight excluding hydrogens is 462 g/mol. The van der Waals surface area contributed by atoms with Gasteiger partial charge in [-0.2, -0.15) is 0 Å². The Balaban J connectivity index is 1.75. The summed E-state index contributed by atoms with van der Waals surface area (Å²) in [5, 5.41) is 3.94. The standard InChI is InChI=1S/C20H19BrClN3O2S/c1-3-23-20(24-14-7-4-12(2)16(22)10-14)28-17-11-18(26)25(19(17)27)15-8-5-13(21)6-9-15/h4-10,17H,3,11H2,1-2H3,(H,23,24)/t17-/m0/s1. The number of anilines is 2. The van der Waals surface area contributed by atoms with Gasteiger partial charge < -0.3 is 5.32 Å². The lowest BCUT2D eigenvalue weighted by molar-refractivity contribution is -0.121. The highest BCUT2D eigenvalue weighted by molar-refractivity contribution is 9.10. The van der Waals surface area contributed by atoms with E-state index in [-0.39, 0.29) is 18.2 Å². The molecule has 3 rings (SSSR count). The van der Waals surface area contributed by atoms with E-state index in [1.54, 1.807) is 12.1 Å². The number of amidine groups is 1. The summed E-state index contributed by atoms with van der Waals surface area (Å²) in [6.45, 7) is 4.40. The Labute approximate surface area is 181 Å². The van der Waals surface area contributed by atoms with Gasteiger partial charge in [0.1, 0.15) is 5.25 Å². The number of aryl methyl sites for hydroxylation is 1. The summed E-state index contributed by atoms with van der Waals surface area (Å²) in [5.74, 6) is -0.441. The molecule has 0 aromatic heterocycles. The zero-order valence-electron chi connectivity index (χ0n) is 15.4. The number of hydrogen-bond acceptors (Lipinski definition) is 4. The molecule has 28 heavy (non-hydrogen) atoms. The summed E-state index contributed by atoms with van der Waals surface area (Å²) in [4.78, 5) is 31.0. The summed E-state index contributed by atoms with van der Waals surface area (Å²) in [5.41, 5.74) is 2.35. The number of rotatable bonds is 4. The van der Waals surface area contributed by atoms with Crippen LogP contribution in [-0.4, -0.2) is 28.8 Å². The number of imide groups is 1. The molecule has 0 bridgehead atoms. The van der Waals surface area contributed by atoms with Crippen LogP contribution in [0, 0.1) is 6.92 Å². The van der Waals surface area contributed by atoms with Crippen LogP contribution in [-0.2, 0) is 9.59 Å². The second kappa shape index (κ2) is 9.11. The van der Waals surface area contributed by atoms with Crippen molar-refractivity contribution in [3.8, 4) is 0 Å². The third-order valence-electron chi connectivity index (χ3n) is 4.17. The van der Waals surface area contributed by atoms with Crippen molar-refractivity contribution in [1.82, 2.24) is 0 Å². The molecule has 0 saturated carbocycles. The average molecular weight is 481 g/mol. The molecule has 1 saturated heterocycles. The van der Waals surface area contributed by atoms with Crippen molar-refractivity contribution in [3.63, 3.8) is 0 Å². The maximum atomic E-state index is 12.9. The highest BCUT2D eigenvalue weighted by Crippen LogP contribution is 2.31. The number of hydrogen-bond donors (Lipinski definition) is 1. The maximum absolute atomic E-state index is 12.9. The number of carbonyl (C=O) groups excluding carboxylic acids is 2. The minimum Gasteiger partial charge on any atom is -0.335 e. The molecule has 0 aliphatic carbocycles. The molecule has 0 radical (unpaired) electrons. The molecule has 2 aromatic carbocycles. The van der Waals surface area contributed by atoms with Crippen LogP contribution in [0.25, 0.3) is 0 Å². The topological polar surface area (TPSA) is 61.8 Å². The highest BCUT2D eigenvalue weighted by atomic mass is 79.9. The molecule has 1 heterocycles. The average Bonchev–Trinajstić information content (AvgIpc) is 2.93. The Morgan fingerprint density at radius 1 is 1.29 bits per heavy atom. The van der Waals surface area contributed by atoms with E-state index in [2.05, 4.69) is 26.2 Å². The Kier molecular flexibility index (Phi) is 6.80. The molecule has 0 unspecified atom stereocenters. The van der Waals surface area contributed by atoms with Gasteiger partial charge >= 0.3 is 0 Å². The SMILES string of the molecule is CCN=C(Nc1ccc(C)c(Cl)c1)S[C@H]1CC(=O)N(c2ccc(Br)cc2)C1=O. The van der Waals surface area contributed by atoms with E-state index in [0.717, 1.165) is 15.7 Å². The molecular formula is C20H19BrClN3O2S. The number of carbonyl (C=O) groups is 2. The maximum Gasteiger partial charge on any atom is 0.247 e. The van der Waals surface area contributed by atoms with E-state index >= 15 is 0 Å². The Hall–Kier alpha value is -1.83. The Morgan fingerprint density at radius 3 is 2.64 bits per heavy atom. The van der Waals surface area contributed by atoms with Gasteiger partial charge in [0.15, 0.2) is 5.17 Å². The van der Waals surface area contributed by atoms with Crippen molar-refractivity contribution in [2.24, 2.45) is 4.99 Å². The van der Waals surface area contributed by atoms with Gasteiger partial charge in [-0.3, -0.25) is 14.6 Å². The fourth-order valence-corrected chi connectivity index (χ4v) is 4.26. The summed E-state index contributed by atoms with van der Waals surface area (Å²) in [6.07, 6.45) is 0.138. The van der Waals surface area contributed by atoms with Crippen LogP contribution < -0.4 is 10.2 Å². The van der Waals surface area contributed by atoms with Crippen molar-refractivity contribution in [2.75, 3.05) is 16.8 Å². The largest absolute Gasteiger partial charge is 0.335 e. The predicted octanol–water partition coefficient (Wildman–Crippen LogP) is 5.26. The fourth-order valence-electron chi connectivity index (χ4n) is 2.74. The van der Waals surface area contributed by atoms with Crippen LogP contribution in [0.1, 0.15) is 18.9 Å². The summed E-state index contributed by atoms with van der Waals surface area (Å²) < 4.78 is 0.889. The zero-order valence-corrected chi connectivity index (χ0v) is 18.6. The number of halogens is 2. The summed E-state index contributed by atoms with van der Waals surface area (Å²) in [7, 11) is 0. The predicted molar refractivity (Wildman–Crippen MR) is 120 cm³/mol. The van der Waals surface area contributed by atoms with Crippen LogP contribution in [0.3, 0.4) is 0 Å². The summed E-state index contributed by atoms with van der Waals surface area (Å²) in [6, 6.07) is 12.8. The third kappa shape index (κ3) is 4.77. The lowest BCUT2D eigenvalue weighted by atomic mass is 10.2. The van der Waals surface area contributed by atoms with Gasteiger partial charge in [-0.25, -0.2) is 4.90 Å². The van der Waals surface area contributed by atoms with E-state index in [0.29, 0.717) is 22.4 Å². The van der Waals surface area contributed by atoms with Crippen molar-refractivity contribution < 1.29 is 9.59 Å². The first-order valence-corrected chi connectivity index (χ1v) is 10.8. The van der Waals surface area contributed by atoms with Gasteiger partial charge in [0.05, 0.1) is 5.69 Å². The molecule has 146 valence electrons. The molecule has 0 spiro atoms. The lowest BCUT2D eigenvalue weighted by Gasteiger charge is -2.16. The lowest BCUT2D eigenvalue weighted by Crippen LogP contribution is -2.31. The van der Waals surface area contributed by atoms with Crippen molar-refractivity contribution >= 4 is 67.6 Å². The van der Waals surface area contributed by atoms with E-state index in [1.165, 1.54) is 16.7 Å². The van der Waals surface area contributed by atoms with E-state index in [1.807, 2.05) is 44.2 Å². The second-order valence-electron chi connectivity index (χ2n) is 6.22. The van der Waals surface area contributed by atoms with Gasteiger partial charge in [0.2, 0.25) is 11.8 Å². The normalized spacial score (nSPS) is 17.4. The number of amides is 2. The van der Waals surface area contributed by atoms with E-state index in [4.69, 9.17) is 11.6 Å². The van der Waals surface area contributed by atoms with Crippen LogP contribution in [0.5, 0.6) is 0 Å². The monoisotopic (exact) mass is 479 g/mol. The van der Waals surface area contributed by atoms with Gasteiger partial charge in [0.25, 0.3) is 0 Å². The smallest absolute Gasteiger partial charge is 0.247 e. The minimum absolute atomic E-state index is 0.138. The minimum atomic E-state index is -0.519. The molecule has 2 aromatic rings. The first kappa shape index (κ1) is 20.9. The van der Waals surface area contributed by atoms with E-state index in [9.17, 15) is 9.59 Å². The molecule has 1 aliphatic heterocycles. The molecule has 1 atom stereocenters. The van der Waals surface area contributed by atoms with Crippen LogP contribution in [0.2, 0.25) is 5.02 Å². The molecule has 1 fully saturated rings. The van der Waals surface area contributed by atoms with Crippen LogP contribution >= 0.6 is 39.3 Å². The molecule has 8 heteroatoms. The molecule has 1 aliphatic rings.